The summed E-state index contributed by atoms with van der Waals surface area (Å²) in [6.07, 6.45) is 7.64. The van der Waals surface area contributed by atoms with Crippen molar-refractivity contribution < 1.29 is 9.84 Å². The van der Waals surface area contributed by atoms with Gasteiger partial charge in [0.25, 0.3) is 0 Å². The van der Waals surface area contributed by atoms with Gasteiger partial charge in [-0.25, -0.2) is 0 Å². The Balaban J connectivity index is 1.40. The number of rotatable bonds is 8. The highest BCUT2D eigenvalue weighted by molar-refractivity contribution is 7.09. The lowest BCUT2D eigenvalue weighted by Gasteiger charge is -2.30. The highest BCUT2D eigenvalue weighted by Crippen LogP contribution is 2.34. The van der Waals surface area contributed by atoms with Crippen LogP contribution in [-0.4, -0.2) is 41.3 Å². The number of nitrogens with zero attached hydrogens (tertiary/aromatic N) is 1. The normalized spacial score (nSPS) is 21.7. The van der Waals surface area contributed by atoms with Gasteiger partial charge in [0.15, 0.2) is 0 Å². The van der Waals surface area contributed by atoms with Crippen LogP contribution >= 0.6 is 11.3 Å². The first-order valence-electron chi connectivity index (χ1n) is 7.87. The maximum atomic E-state index is 10.2. The van der Waals surface area contributed by atoms with Gasteiger partial charge < -0.3 is 9.84 Å². The van der Waals surface area contributed by atoms with Crippen LogP contribution in [0.3, 0.4) is 0 Å². The van der Waals surface area contributed by atoms with E-state index in [4.69, 9.17) is 4.74 Å². The molecule has 0 aliphatic heterocycles. The Morgan fingerprint density at radius 2 is 2.00 bits per heavy atom. The maximum Gasteiger partial charge on any atom is 0.0900 e. The van der Waals surface area contributed by atoms with Gasteiger partial charge >= 0.3 is 0 Å². The van der Waals surface area contributed by atoms with E-state index in [9.17, 15) is 5.11 Å². The zero-order valence-electron chi connectivity index (χ0n) is 12.0. The van der Waals surface area contributed by atoms with Gasteiger partial charge in [-0.05, 0) is 37.1 Å². The third-order valence-corrected chi connectivity index (χ3v) is 5.22. The van der Waals surface area contributed by atoms with Crippen molar-refractivity contribution in [2.75, 3.05) is 13.2 Å². The van der Waals surface area contributed by atoms with E-state index in [1.807, 2.05) is 6.07 Å². The van der Waals surface area contributed by atoms with Crippen molar-refractivity contribution in [3.8, 4) is 0 Å². The SMILES string of the molecule is OC(COCc1cccs1)CN(C1CCCC1)C1CC1. The summed E-state index contributed by atoms with van der Waals surface area (Å²) in [6.45, 7) is 1.87. The molecule has 3 rings (SSSR count). The van der Waals surface area contributed by atoms with Crippen molar-refractivity contribution in [2.45, 2.75) is 63.3 Å². The molecule has 112 valence electrons. The van der Waals surface area contributed by atoms with E-state index in [0.717, 1.165) is 18.6 Å². The summed E-state index contributed by atoms with van der Waals surface area (Å²) < 4.78 is 5.64. The van der Waals surface area contributed by atoms with Crippen LogP contribution in [0.5, 0.6) is 0 Å². The van der Waals surface area contributed by atoms with Crippen LogP contribution in [0.2, 0.25) is 0 Å². The fraction of sp³-hybridized carbons (Fsp3) is 0.750. The van der Waals surface area contributed by atoms with Crippen LogP contribution in [0.1, 0.15) is 43.4 Å². The maximum absolute atomic E-state index is 10.2. The highest BCUT2D eigenvalue weighted by atomic mass is 32.1. The zero-order chi connectivity index (χ0) is 13.8. The van der Waals surface area contributed by atoms with Gasteiger partial charge in [0.1, 0.15) is 0 Å². The summed E-state index contributed by atoms with van der Waals surface area (Å²) in [5.74, 6) is 0. The van der Waals surface area contributed by atoms with Gasteiger partial charge in [0, 0.05) is 23.5 Å². The van der Waals surface area contributed by atoms with Crippen molar-refractivity contribution in [1.29, 1.82) is 0 Å². The predicted octanol–water partition coefficient (Wildman–Crippen LogP) is 3.03. The second-order valence-corrected chi connectivity index (χ2v) is 7.15. The van der Waals surface area contributed by atoms with Gasteiger partial charge in [-0.3, -0.25) is 4.90 Å². The standard InChI is InChI=1S/C16H25NO2S/c18-15(11-19-12-16-6-3-9-20-16)10-17(14-7-8-14)13-4-1-2-5-13/h3,6,9,13-15,18H,1-2,4-5,7-8,10-12H2. The molecular formula is C16H25NO2S. The molecule has 0 radical (unpaired) electrons. The molecule has 0 aromatic carbocycles. The van der Waals surface area contributed by atoms with E-state index < -0.39 is 0 Å². The van der Waals surface area contributed by atoms with Crippen LogP contribution in [0.25, 0.3) is 0 Å². The molecule has 0 saturated heterocycles. The van der Waals surface area contributed by atoms with Crippen molar-refractivity contribution >= 4 is 11.3 Å². The Morgan fingerprint density at radius 1 is 1.25 bits per heavy atom. The summed E-state index contributed by atoms with van der Waals surface area (Å²) in [6, 6.07) is 5.57. The minimum Gasteiger partial charge on any atom is -0.389 e. The number of thiophene rings is 1. The van der Waals surface area contributed by atoms with Crippen molar-refractivity contribution in [3.63, 3.8) is 0 Å². The number of hydrogen-bond donors (Lipinski definition) is 1. The fourth-order valence-corrected chi connectivity index (χ4v) is 3.87. The Kier molecular flexibility index (Phi) is 5.10. The van der Waals surface area contributed by atoms with E-state index in [-0.39, 0.29) is 6.10 Å². The molecule has 1 N–H and O–H groups in total. The fourth-order valence-electron chi connectivity index (χ4n) is 3.22. The number of aliphatic hydroxyl groups excluding tert-OH is 1. The summed E-state index contributed by atoms with van der Waals surface area (Å²) in [7, 11) is 0. The van der Waals surface area contributed by atoms with E-state index >= 15 is 0 Å². The largest absolute Gasteiger partial charge is 0.389 e. The second kappa shape index (κ2) is 7.03. The number of hydrogen-bond acceptors (Lipinski definition) is 4. The Labute approximate surface area is 125 Å². The highest BCUT2D eigenvalue weighted by Gasteiger charge is 2.35. The lowest BCUT2D eigenvalue weighted by Crippen LogP contribution is -2.42. The lowest BCUT2D eigenvalue weighted by atomic mass is 10.2. The second-order valence-electron chi connectivity index (χ2n) is 6.11. The molecule has 1 aromatic heterocycles. The molecule has 1 atom stereocenters. The smallest absolute Gasteiger partial charge is 0.0900 e. The molecule has 1 aromatic rings. The molecule has 1 heterocycles. The summed E-state index contributed by atoms with van der Waals surface area (Å²) >= 11 is 1.71. The van der Waals surface area contributed by atoms with E-state index in [2.05, 4.69) is 16.3 Å². The Bertz CT molecular complexity index is 385. The molecule has 0 spiro atoms. The first-order chi connectivity index (χ1) is 9.83. The Hall–Kier alpha value is -0.420. The average Bonchev–Trinajstić information content (AvgIpc) is 2.93. The van der Waals surface area contributed by atoms with Crippen molar-refractivity contribution in [1.82, 2.24) is 4.90 Å². The molecule has 3 nitrogen and oxygen atoms in total. The number of aliphatic hydroxyl groups is 1. The molecule has 0 amide bonds. The zero-order valence-corrected chi connectivity index (χ0v) is 12.9. The third-order valence-electron chi connectivity index (χ3n) is 4.37. The van der Waals surface area contributed by atoms with Gasteiger partial charge in [0.2, 0.25) is 0 Å². The topological polar surface area (TPSA) is 32.7 Å². The molecule has 20 heavy (non-hydrogen) atoms. The van der Waals surface area contributed by atoms with Crippen LogP contribution in [0, 0.1) is 0 Å². The predicted molar refractivity (Wildman–Crippen MR) is 82.0 cm³/mol. The number of ether oxygens (including phenoxy) is 1. The first kappa shape index (κ1) is 14.5. The van der Waals surface area contributed by atoms with E-state index in [1.165, 1.54) is 43.4 Å². The first-order valence-corrected chi connectivity index (χ1v) is 8.75. The molecule has 0 bridgehead atoms. The van der Waals surface area contributed by atoms with Gasteiger partial charge in [-0.15, -0.1) is 11.3 Å². The average molecular weight is 295 g/mol. The summed E-state index contributed by atoms with van der Waals surface area (Å²) in [5.41, 5.74) is 0. The molecule has 1 unspecified atom stereocenters. The minimum atomic E-state index is -0.351. The van der Waals surface area contributed by atoms with Crippen LogP contribution in [0.15, 0.2) is 17.5 Å². The van der Waals surface area contributed by atoms with Crippen molar-refractivity contribution in [3.05, 3.63) is 22.4 Å². The monoisotopic (exact) mass is 295 g/mol. The summed E-state index contributed by atoms with van der Waals surface area (Å²) in [5, 5.41) is 12.3. The molecule has 2 saturated carbocycles. The quantitative estimate of drug-likeness (QED) is 0.800. The van der Waals surface area contributed by atoms with E-state index in [1.54, 1.807) is 11.3 Å². The van der Waals surface area contributed by atoms with Gasteiger partial charge in [-0.2, -0.15) is 0 Å². The lowest BCUT2D eigenvalue weighted by molar-refractivity contribution is 0.00138. The third kappa shape index (κ3) is 4.04. The Morgan fingerprint density at radius 3 is 2.65 bits per heavy atom. The van der Waals surface area contributed by atoms with Crippen LogP contribution in [0.4, 0.5) is 0 Å². The van der Waals surface area contributed by atoms with Crippen LogP contribution in [-0.2, 0) is 11.3 Å². The van der Waals surface area contributed by atoms with E-state index in [0.29, 0.717) is 13.2 Å². The molecule has 2 fully saturated rings. The minimum absolute atomic E-state index is 0.351. The molecule has 2 aliphatic rings. The molecule has 2 aliphatic carbocycles. The van der Waals surface area contributed by atoms with Gasteiger partial charge in [-0.1, -0.05) is 18.9 Å². The molecular weight excluding hydrogens is 270 g/mol. The summed E-state index contributed by atoms with van der Waals surface area (Å²) in [4.78, 5) is 3.79. The molecule has 4 heteroatoms. The van der Waals surface area contributed by atoms with Gasteiger partial charge in [0.05, 0.1) is 19.3 Å². The van der Waals surface area contributed by atoms with Crippen molar-refractivity contribution in [2.24, 2.45) is 0 Å². The van der Waals surface area contributed by atoms with Crippen LogP contribution < -0.4 is 0 Å².